The highest BCUT2D eigenvalue weighted by Gasteiger charge is 2.18. The zero-order valence-electron chi connectivity index (χ0n) is 18.7. The van der Waals surface area contributed by atoms with E-state index < -0.39 is 11.8 Å². The maximum absolute atomic E-state index is 14.6. The maximum atomic E-state index is 14.6. The van der Waals surface area contributed by atoms with Crippen molar-refractivity contribution in [3.05, 3.63) is 76.2 Å². The first kappa shape index (κ1) is 23.6. The number of nitrogens with one attached hydrogen (secondary N) is 1. The van der Waals surface area contributed by atoms with Crippen LogP contribution in [-0.2, 0) is 13.0 Å². The second-order valence-corrected chi connectivity index (χ2v) is 8.46. The second-order valence-electron chi connectivity index (χ2n) is 8.03. The van der Waals surface area contributed by atoms with Gasteiger partial charge in [0.25, 0.3) is 0 Å². The number of aromatic nitrogens is 3. The molecule has 0 bridgehead atoms. The largest absolute Gasteiger partial charge is 0.478 e. The van der Waals surface area contributed by atoms with Gasteiger partial charge < -0.3 is 15.0 Å². The Bertz CT molecular complexity index is 1390. The van der Waals surface area contributed by atoms with Crippen LogP contribution in [0.2, 0.25) is 5.02 Å². The van der Waals surface area contributed by atoms with E-state index in [9.17, 15) is 18.7 Å². The molecular weight excluding hydrogens is 462 g/mol. The molecule has 0 radical (unpaired) electrons. The Morgan fingerprint density at radius 1 is 1.12 bits per heavy atom. The Morgan fingerprint density at radius 3 is 2.65 bits per heavy atom. The standard InChI is InChI=1S/C25H23ClF2N4O2/c1-3-4-15-8-16(10-19(27)23(15)25(33)34)21-12-22(31-13-30-21)29-5-6-32-14(2)7-17-9-18(26)11-20(28)24(17)32/h7-13H,3-6H2,1-2H3,(H,33,34)(H,29,30,31). The number of anilines is 1. The number of aryl methyl sites for hydroxylation is 2. The SMILES string of the molecule is CCCc1cc(-c2cc(NCCn3c(C)cc4cc(Cl)cc(F)c43)ncn2)cc(F)c1C(=O)O. The number of nitrogens with zero attached hydrogens (tertiary/aromatic N) is 3. The predicted molar refractivity (Wildman–Crippen MR) is 129 cm³/mol. The highest BCUT2D eigenvalue weighted by molar-refractivity contribution is 6.31. The third-order valence-corrected chi connectivity index (χ3v) is 5.85. The molecule has 0 amide bonds. The third-order valence-electron chi connectivity index (χ3n) is 5.63. The molecule has 4 aromatic rings. The van der Waals surface area contributed by atoms with Crippen molar-refractivity contribution in [2.75, 3.05) is 11.9 Å². The van der Waals surface area contributed by atoms with Crippen LogP contribution in [0.15, 0.2) is 42.7 Å². The Labute approximate surface area is 200 Å². The van der Waals surface area contributed by atoms with Crippen LogP contribution in [-0.4, -0.2) is 32.2 Å². The number of aromatic carboxylic acids is 1. The number of halogens is 3. The van der Waals surface area contributed by atoms with E-state index in [1.165, 1.54) is 18.5 Å². The van der Waals surface area contributed by atoms with Crippen molar-refractivity contribution in [3.63, 3.8) is 0 Å². The zero-order chi connectivity index (χ0) is 24.4. The summed E-state index contributed by atoms with van der Waals surface area (Å²) in [6.07, 6.45) is 2.48. The van der Waals surface area contributed by atoms with Gasteiger partial charge in [0.2, 0.25) is 0 Å². The van der Waals surface area contributed by atoms with Crippen LogP contribution >= 0.6 is 11.6 Å². The summed E-state index contributed by atoms with van der Waals surface area (Å²) >= 11 is 5.97. The lowest BCUT2D eigenvalue weighted by molar-refractivity contribution is 0.0690. The van der Waals surface area contributed by atoms with Crippen LogP contribution in [0.5, 0.6) is 0 Å². The van der Waals surface area contributed by atoms with Crippen molar-refractivity contribution in [3.8, 4) is 11.3 Å². The van der Waals surface area contributed by atoms with Crippen molar-refractivity contribution in [1.82, 2.24) is 14.5 Å². The topological polar surface area (TPSA) is 80.0 Å². The summed E-state index contributed by atoms with van der Waals surface area (Å²) in [6.45, 7) is 4.74. The number of carboxylic acids is 1. The fraction of sp³-hybridized carbons (Fsp3) is 0.240. The first-order valence-electron chi connectivity index (χ1n) is 10.9. The number of fused-ring (bicyclic) bond motifs is 1. The van der Waals surface area contributed by atoms with Gasteiger partial charge in [-0.1, -0.05) is 24.9 Å². The van der Waals surface area contributed by atoms with Crippen LogP contribution in [0, 0.1) is 18.6 Å². The van der Waals surface area contributed by atoms with Crippen molar-refractivity contribution >= 4 is 34.3 Å². The van der Waals surface area contributed by atoms with Gasteiger partial charge in [0.05, 0.1) is 16.8 Å². The molecule has 2 aromatic heterocycles. The van der Waals surface area contributed by atoms with Gasteiger partial charge in [-0.3, -0.25) is 0 Å². The maximum Gasteiger partial charge on any atom is 0.338 e. The highest BCUT2D eigenvalue weighted by Crippen LogP contribution is 2.28. The number of benzene rings is 2. The number of carboxylic acid groups (broad SMARTS) is 1. The van der Waals surface area contributed by atoms with Crippen molar-refractivity contribution in [2.24, 2.45) is 0 Å². The third kappa shape index (κ3) is 4.72. The molecule has 0 aliphatic carbocycles. The lowest BCUT2D eigenvalue weighted by Crippen LogP contribution is -2.13. The van der Waals surface area contributed by atoms with Crippen LogP contribution in [0.25, 0.3) is 22.2 Å². The molecule has 2 N–H and O–H groups in total. The van der Waals surface area contributed by atoms with Crippen LogP contribution < -0.4 is 5.32 Å². The van der Waals surface area contributed by atoms with Gasteiger partial charge in [-0.15, -0.1) is 0 Å². The van der Waals surface area contributed by atoms with Crippen molar-refractivity contribution in [1.29, 1.82) is 0 Å². The second kappa shape index (κ2) is 9.77. The minimum atomic E-state index is -1.29. The average molecular weight is 485 g/mol. The Morgan fingerprint density at radius 2 is 1.91 bits per heavy atom. The van der Waals surface area contributed by atoms with Gasteiger partial charge >= 0.3 is 5.97 Å². The molecule has 0 saturated carbocycles. The Kier molecular flexibility index (Phi) is 6.79. The van der Waals surface area contributed by atoms with Crippen LogP contribution in [0.3, 0.4) is 0 Å². The summed E-state index contributed by atoms with van der Waals surface area (Å²) in [5.74, 6) is -1.94. The average Bonchev–Trinajstić information content (AvgIpc) is 3.08. The van der Waals surface area contributed by atoms with E-state index in [-0.39, 0.29) is 11.4 Å². The van der Waals surface area contributed by atoms with E-state index >= 15 is 0 Å². The van der Waals surface area contributed by atoms with E-state index in [1.54, 1.807) is 18.2 Å². The van der Waals surface area contributed by atoms with Gasteiger partial charge in [0.15, 0.2) is 0 Å². The summed E-state index contributed by atoms with van der Waals surface area (Å²) in [7, 11) is 0. The van der Waals surface area contributed by atoms with Gasteiger partial charge in [0.1, 0.15) is 23.8 Å². The van der Waals surface area contributed by atoms with E-state index in [0.717, 1.165) is 11.1 Å². The first-order valence-corrected chi connectivity index (χ1v) is 11.2. The van der Waals surface area contributed by atoms with Gasteiger partial charge in [-0.05, 0) is 49.2 Å². The Hall–Kier alpha value is -3.52. The summed E-state index contributed by atoms with van der Waals surface area (Å²) in [5.41, 5.74) is 2.45. The lowest BCUT2D eigenvalue weighted by Gasteiger charge is -2.12. The van der Waals surface area contributed by atoms with Crippen molar-refractivity contribution in [2.45, 2.75) is 33.2 Å². The van der Waals surface area contributed by atoms with Gasteiger partial charge in [-0.2, -0.15) is 0 Å². The number of carbonyl (C=O) groups is 1. The summed E-state index contributed by atoms with van der Waals surface area (Å²) in [4.78, 5) is 19.9. The molecule has 0 aliphatic heterocycles. The molecule has 0 aliphatic rings. The van der Waals surface area contributed by atoms with Crippen LogP contribution in [0.1, 0.15) is 35.0 Å². The highest BCUT2D eigenvalue weighted by atomic mass is 35.5. The van der Waals surface area contributed by atoms with E-state index in [1.807, 2.05) is 24.5 Å². The molecular formula is C25H23ClF2N4O2. The monoisotopic (exact) mass is 484 g/mol. The Balaban J connectivity index is 1.55. The summed E-state index contributed by atoms with van der Waals surface area (Å²) in [5, 5.41) is 13.6. The molecule has 0 fully saturated rings. The molecule has 9 heteroatoms. The predicted octanol–water partition coefficient (Wildman–Crippen LogP) is 6.10. The molecule has 0 saturated heterocycles. The fourth-order valence-corrected chi connectivity index (χ4v) is 4.39. The normalized spacial score (nSPS) is 11.2. The molecule has 0 spiro atoms. The zero-order valence-corrected chi connectivity index (χ0v) is 19.5. The fourth-order valence-electron chi connectivity index (χ4n) is 4.17. The molecule has 0 atom stereocenters. The number of hydrogen-bond acceptors (Lipinski definition) is 4. The number of hydrogen-bond donors (Lipinski definition) is 2. The smallest absolute Gasteiger partial charge is 0.338 e. The molecule has 6 nitrogen and oxygen atoms in total. The van der Waals surface area contributed by atoms with E-state index in [2.05, 4.69) is 15.3 Å². The summed E-state index contributed by atoms with van der Waals surface area (Å²) < 4.78 is 30.9. The summed E-state index contributed by atoms with van der Waals surface area (Å²) in [6, 6.07) is 9.42. The molecule has 2 aromatic carbocycles. The minimum Gasteiger partial charge on any atom is -0.478 e. The minimum absolute atomic E-state index is 0.305. The number of rotatable bonds is 8. The molecule has 4 rings (SSSR count). The van der Waals surface area contributed by atoms with Gasteiger partial charge in [-0.25, -0.2) is 23.5 Å². The molecule has 0 unspecified atom stereocenters. The lowest BCUT2D eigenvalue weighted by atomic mass is 9.98. The van der Waals surface area contributed by atoms with E-state index in [4.69, 9.17) is 11.6 Å². The molecule has 176 valence electrons. The molecule has 2 heterocycles. The quantitative estimate of drug-likeness (QED) is 0.316. The van der Waals surface area contributed by atoms with E-state index in [0.29, 0.717) is 59.1 Å². The van der Waals surface area contributed by atoms with Gasteiger partial charge in [0, 0.05) is 40.8 Å². The van der Waals surface area contributed by atoms with Crippen molar-refractivity contribution < 1.29 is 18.7 Å². The van der Waals surface area contributed by atoms with Crippen LogP contribution in [0.4, 0.5) is 14.6 Å². The molecule has 34 heavy (non-hydrogen) atoms. The first-order chi connectivity index (χ1) is 16.3.